The molecule has 2 saturated heterocycles. The van der Waals surface area contributed by atoms with E-state index >= 15 is 0 Å². The molecule has 3 aromatic rings. The van der Waals surface area contributed by atoms with Gasteiger partial charge in [0.15, 0.2) is 0 Å². The van der Waals surface area contributed by atoms with Gasteiger partial charge in [-0.2, -0.15) is 0 Å². The highest BCUT2D eigenvalue weighted by Crippen LogP contribution is 2.35. The molecule has 0 radical (unpaired) electrons. The molecule has 2 fully saturated rings. The number of ether oxygens (including phenoxy) is 3. The number of cyclic esters (lactones) is 1. The number of aromatic nitrogens is 2. The minimum absolute atomic E-state index is 0.0246. The summed E-state index contributed by atoms with van der Waals surface area (Å²) in [5.41, 5.74) is 1.54. The number of amides is 1. The summed E-state index contributed by atoms with van der Waals surface area (Å²) < 4.78 is 30.4. The number of hydrogen-bond acceptors (Lipinski definition) is 9. The number of benzene rings is 2. The van der Waals surface area contributed by atoms with Crippen LogP contribution in [0.1, 0.15) is 13.3 Å². The van der Waals surface area contributed by atoms with E-state index in [9.17, 15) is 14.0 Å². The van der Waals surface area contributed by atoms with Crippen molar-refractivity contribution in [1.82, 2.24) is 14.9 Å². The van der Waals surface area contributed by atoms with Gasteiger partial charge in [0, 0.05) is 42.7 Å². The van der Waals surface area contributed by atoms with E-state index in [-0.39, 0.29) is 35.7 Å². The zero-order valence-corrected chi connectivity index (χ0v) is 21.9. The van der Waals surface area contributed by atoms with Gasteiger partial charge in [0.05, 0.1) is 36.0 Å². The van der Waals surface area contributed by atoms with E-state index in [0.717, 1.165) is 6.42 Å². The van der Waals surface area contributed by atoms with E-state index in [1.54, 1.807) is 24.3 Å². The Bertz CT molecular complexity index is 1410. The van der Waals surface area contributed by atoms with Gasteiger partial charge in [-0.3, -0.25) is 14.5 Å². The number of carbonyl (C=O) groups excluding carboxylic acids is 2. The van der Waals surface area contributed by atoms with Crippen LogP contribution < -0.4 is 15.4 Å². The normalized spacial score (nSPS) is 19.8. The van der Waals surface area contributed by atoms with Gasteiger partial charge < -0.3 is 24.8 Å². The van der Waals surface area contributed by atoms with Crippen molar-refractivity contribution in [3.05, 3.63) is 59.7 Å². The molecule has 12 heteroatoms. The number of morpholine rings is 1. The Morgan fingerprint density at radius 1 is 1.31 bits per heavy atom. The minimum atomic E-state index is -0.528. The molecule has 2 aliphatic rings. The van der Waals surface area contributed by atoms with Crippen molar-refractivity contribution in [3.63, 3.8) is 0 Å². The molecule has 3 heterocycles. The Morgan fingerprint density at radius 2 is 2.18 bits per heavy atom. The van der Waals surface area contributed by atoms with Crippen molar-refractivity contribution in [1.29, 1.82) is 0 Å². The summed E-state index contributed by atoms with van der Waals surface area (Å²) in [6.07, 6.45) is 4.89. The van der Waals surface area contributed by atoms with Crippen LogP contribution >= 0.6 is 11.6 Å². The van der Waals surface area contributed by atoms with Gasteiger partial charge in [-0.1, -0.05) is 17.7 Å². The Labute approximate surface area is 229 Å². The van der Waals surface area contributed by atoms with Crippen LogP contribution in [-0.4, -0.2) is 71.8 Å². The van der Waals surface area contributed by atoms with E-state index in [2.05, 4.69) is 20.6 Å². The lowest BCUT2D eigenvalue weighted by Gasteiger charge is -2.29. The average molecular weight is 556 g/mol. The highest BCUT2D eigenvalue weighted by Gasteiger charge is 2.23. The van der Waals surface area contributed by atoms with E-state index in [4.69, 9.17) is 25.8 Å². The topological polar surface area (TPSA) is 115 Å². The van der Waals surface area contributed by atoms with Crippen LogP contribution in [0, 0.1) is 5.82 Å². The van der Waals surface area contributed by atoms with Crippen molar-refractivity contribution in [2.24, 2.45) is 0 Å². The number of nitrogens with zero attached hydrogens (tertiary/aromatic N) is 3. The highest BCUT2D eigenvalue weighted by atomic mass is 35.5. The van der Waals surface area contributed by atoms with E-state index < -0.39 is 5.82 Å². The fourth-order valence-corrected chi connectivity index (χ4v) is 4.59. The first kappa shape index (κ1) is 26.8. The van der Waals surface area contributed by atoms with Crippen LogP contribution in [0.3, 0.4) is 0 Å². The Kier molecular flexibility index (Phi) is 8.20. The number of nitrogens with one attached hydrogen (secondary N) is 2. The zero-order chi connectivity index (χ0) is 27.4. The molecule has 10 nitrogen and oxygen atoms in total. The zero-order valence-electron chi connectivity index (χ0n) is 21.2. The highest BCUT2D eigenvalue weighted by molar-refractivity contribution is 6.31. The number of rotatable bonds is 8. The SMILES string of the molecule is C[C@H]1CN(C/C=C/C(=O)Nc2cc3c(Nc4ccc(F)c(Cl)c4)ncnc3cc2O[C@@H]2CCOC2)CC(=O)O1. The standard InChI is InChI=1S/C27H27ClFN5O5/c1-16-12-34(13-26(36)38-16)7-2-3-25(35)33-23-10-19-22(11-24(23)39-18-6-8-37-14-18)30-15-31-27(19)32-17-4-5-21(29)20(28)9-17/h2-5,9-11,15-16,18H,6-8,12-14H2,1H3,(H,33,35)(H,30,31,32)/b3-2+/t16-,18+/m0/s1. The van der Waals surface area contributed by atoms with Gasteiger partial charge in [-0.25, -0.2) is 14.4 Å². The summed E-state index contributed by atoms with van der Waals surface area (Å²) in [5, 5.41) is 6.60. The first-order valence-electron chi connectivity index (χ1n) is 12.5. The number of hydrogen-bond donors (Lipinski definition) is 2. The van der Waals surface area contributed by atoms with Crippen molar-refractivity contribution >= 4 is 51.6 Å². The van der Waals surface area contributed by atoms with Gasteiger partial charge in [0.25, 0.3) is 0 Å². The Balaban J connectivity index is 1.39. The molecule has 204 valence electrons. The number of carbonyl (C=O) groups is 2. The molecule has 2 aromatic carbocycles. The fraction of sp³-hybridized carbons (Fsp3) is 0.333. The molecule has 0 bridgehead atoms. The Morgan fingerprint density at radius 3 is 2.95 bits per heavy atom. The first-order chi connectivity index (χ1) is 18.8. The molecule has 2 atom stereocenters. The predicted octanol–water partition coefficient (Wildman–Crippen LogP) is 4.08. The summed E-state index contributed by atoms with van der Waals surface area (Å²) in [6.45, 7) is 4.08. The third-order valence-electron chi connectivity index (χ3n) is 6.19. The predicted molar refractivity (Wildman–Crippen MR) is 144 cm³/mol. The molecular formula is C27H27ClFN5O5. The third-order valence-corrected chi connectivity index (χ3v) is 6.48. The molecule has 2 N–H and O–H groups in total. The summed E-state index contributed by atoms with van der Waals surface area (Å²) in [5.74, 6) is -0.293. The van der Waals surface area contributed by atoms with Crippen LogP contribution in [0.15, 0.2) is 48.8 Å². The van der Waals surface area contributed by atoms with Gasteiger partial charge in [0.2, 0.25) is 5.91 Å². The van der Waals surface area contributed by atoms with Crippen LogP contribution in [0.5, 0.6) is 5.75 Å². The Hall–Kier alpha value is -3.80. The van der Waals surface area contributed by atoms with Gasteiger partial charge in [0.1, 0.15) is 35.9 Å². The van der Waals surface area contributed by atoms with Gasteiger partial charge >= 0.3 is 5.97 Å². The number of esters is 1. The van der Waals surface area contributed by atoms with Crippen LogP contribution in [-0.2, 0) is 19.1 Å². The van der Waals surface area contributed by atoms with Crippen molar-refractivity contribution in [3.8, 4) is 5.75 Å². The minimum Gasteiger partial charge on any atom is -0.486 e. The number of fused-ring (bicyclic) bond motifs is 1. The van der Waals surface area contributed by atoms with Crippen LogP contribution in [0.2, 0.25) is 5.02 Å². The largest absolute Gasteiger partial charge is 0.486 e. The smallest absolute Gasteiger partial charge is 0.320 e. The van der Waals surface area contributed by atoms with E-state index in [1.165, 1.54) is 24.5 Å². The van der Waals surface area contributed by atoms with Crippen molar-refractivity contribution in [2.45, 2.75) is 25.6 Å². The summed E-state index contributed by atoms with van der Waals surface area (Å²) in [7, 11) is 0. The van der Waals surface area contributed by atoms with Crippen molar-refractivity contribution < 1.29 is 28.2 Å². The molecule has 0 saturated carbocycles. The lowest BCUT2D eigenvalue weighted by molar-refractivity contribution is -0.156. The number of anilines is 3. The second kappa shape index (κ2) is 11.9. The van der Waals surface area contributed by atoms with Gasteiger partial charge in [-0.05, 0) is 31.2 Å². The summed E-state index contributed by atoms with van der Waals surface area (Å²) in [6, 6.07) is 7.72. The third kappa shape index (κ3) is 6.80. The molecule has 39 heavy (non-hydrogen) atoms. The van der Waals surface area contributed by atoms with Crippen LogP contribution in [0.4, 0.5) is 21.6 Å². The first-order valence-corrected chi connectivity index (χ1v) is 12.9. The molecule has 0 aliphatic carbocycles. The maximum Gasteiger partial charge on any atom is 0.320 e. The average Bonchev–Trinajstić information content (AvgIpc) is 3.40. The molecule has 0 unspecified atom stereocenters. The molecule has 0 spiro atoms. The molecular weight excluding hydrogens is 529 g/mol. The fourth-order valence-electron chi connectivity index (χ4n) is 4.41. The second-order valence-electron chi connectivity index (χ2n) is 9.33. The molecule has 1 aromatic heterocycles. The summed E-state index contributed by atoms with van der Waals surface area (Å²) in [4.78, 5) is 35.1. The second-order valence-corrected chi connectivity index (χ2v) is 9.74. The molecule has 2 aliphatic heterocycles. The lowest BCUT2D eigenvalue weighted by atomic mass is 10.1. The monoisotopic (exact) mass is 555 g/mol. The van der Waals surface area contributed by atoms with E-state index in [0.29, 0.717) is 60.1 Å². The molecule has 1 amide bonds. The van der Waals surface area contributed by atoms with Crippen LogP contribution in [0.25, 0.3) is 10.9 Å². The summed E-state index contributed by atoms with van der Waals surface area (Å²) >= 11 is 5.93. The van der Waals surface area contributed by atoms with E-state index in [1.807, 2.05) is 11.8 Å². The van der Waals surface area contributed by atoms with Gasteiger partial charge in [-0.15, -0.1) is 0 Å². The quantitative estimate of drug-likeness (QED) is 0.313. The van der Waals surface area contributed by atoms with Crippen molar-refractivity contribution in [2.75, 3.05) is 43.5 Å². The maximum atomic E-state index is 13.6. The molecule has 5 rings (SSSR count). The lowest BCUT2D eigenvalue weighted by Crippen LogP contribution is -2.44. The maximum absolute atomic E-state index is 13.6. The number of halogens is 2.